The van der Waals surface area contributed by atoms with Gasteiger partial charge in [0.2, 0.25) is 0 Å². The molecule has 8 rings (SSSR count). The number of nitrogens with zero attached hydrogens (tertiary/aromatic N) is 3. The number of rotatable bonds is 4. The topological polar surface area (TPSA) is 37.1 Å². The molecule has 1 spiro atoms. The summed E-state index contributed by atoms with van der Waals surface area (Å²) in [5.41, 5.74) is 14.2. The van der Waals surface area contributed by atoms with Crippen LogP contribution in [0.5, 0.6) is 0 Å². The van der Waals surface area contributed by atoms with Gasteiger partial charge >= 0.3 is 0 Å². The summed E-state index contributed by atoms with van der Waals surface area (Å²) in [5.74, 6) is 1.05. The molecular formula is C41H30ClN3. The lowest BCUT2D eigenvalue weighted by Crippen LogP contribution is -2.27. The first-order valence-corrected chi connectivity index (χ1v) is 15.8. The Morgan fingerprint density at radius 3 is 2.11 bits per heavy atom. The van der Waals surface area contributed by atoms with Crippen LogP contribution in [-0.2, 0) is 5.41 Å². The zero-order chi connectivity index (χ0) is 30.4. The molecular weight excluding hydrogens is 570 g/mol. The minimum atomic E-state index is -0.360. The third-order valence-electron chi connectivity index (χ3n) is 9.38. The van der Waals surface area contributed by atoms with Crippen LogP contribution in [0.2, 0.25) is 0 Å². The molecule has 5 aromatic rings. The molecule has 0 saturated heterocycles. The van der Waals surface area contributed by atoms with E-state index >= 15 is 0 Å². The fourth-order valence-corrected chi connectivity index (χ4v) is 7.73. The van der Waals surface area contributed by atoms with Gasteiger partial charge in [0.1, 0.15) is 6.00 Å². The molecule has 0 aliphatic heterocycles. The second-order valence-electron chi connectivity index (χ2n) is 11.5. The standard InChI is InChI=1S/C41H30ClN3/c1-43-39(29-24-22-28(23-25-29)27-12-3-2-4-13-27)45-40(44-26-42)33-17-11-21-37-38(33)32-16-7-10-20-36(32)41(37)34-18-8-5-14-30(34)31-15-6-9-19-35(31)41/h2-8,10-18,20-25H,1,9,19,26H2/b44-40-,45-39-. The van der Waals surface area contributed by atoms with Crippen LogP contribution in [0.15, 0.2) is 154 Å². The van der Waals surface area contributed by atoms with Gasteiger partial charge in [-0.2, -0.15) is 0 Å². The summed E-state index contributed by atoms with van der Waals surface area (Å²) in [6.45, 7) is 3.88. The molecule has 0 N–H and O–H groups in total. The van der Waals surface area contributed by atoms with Crippen LogP contribution in [0.3, 0.4) is 0 Å². The average molecular weight is 600 g/mol. The van der Waals surface area contributed by atoms with Crippen molar-refractivity contribution in [2.45, 2.75) is 18.3 Å². The number of hydrogen-bond donors (Lipinski definition) is 0. The number of fused-ring (bicyclic) bond motifs is 9. The van der Waals surface area contributed by atoms with Gasteiger partial charge in [-0.25, -0.2) is 15.0 Å². The van der Waals surface area contributed by atoms with Crippen LogP contribution < -0.4 is 0 Å². The Hall–Kier alpha value is -5.12. The van der Waals surface area contributed by atoms with Gasteiger partial charge in [-0.1, -0.05) is 133 Å². The Balaban J connectivity index is 1.31. The zero-order valence-corrected chi connectivity index (χ0v) is 25.5. The van der Waals surface area contributed by atoms with Gasteiger partial charge in [0.25, 0.3) is 0 Å². The summed E-state index contributed by atoms with van der Waals surface area (Å²) in [5, 5.41) is 0. The lowest BCUT2D eigenvalue weighted by molar-refractivity contribution is 0.714. The van der Waals surface area contributed by atoms with Crippen molar-refractivity contribution in [1.82, 2.24) is 0 Å². The van der Waals surface area contributed by atoms with Gasteiger partial charge in [-0.05, 0) is 75.2 Å². The molecule has 216 valence electrons. The molecule has 0 radical (unpaired) electrons. The highest BCUT2D eigenvalue weighted by Crippen LogP contribution is 2.63. The molecule has 3 aliphatic rings. The second-order valence-corrected chi connectivity index (χ2v) is 11.8. The summed E-state index contributed by atoms with van der Waals surface area (Å²) in [7, 11) is 0. The van der Waals surface area contributed by atoms with E-state index in [1.165, 1.54) is 39.0 Å². The minimum absolute atomic E-state index is 0.0790. The van der Waals surface area contributed by atoms with Crippen LogP contribution in [0, 0.1) is 0 Å². The summed E-state index contributed by atoms with van der Waals surface area (Å²) in [6, 6.07) is 42.9. The largest absolute Gasteiger partial charge is 0.250 e. The van der Waals surface area contributed by atoms with E-state index in [-0.39, 0.29) is 11.4 Å². The van der Waals surface area contributed by atoms with Gasteiger partial charge in [0, 0.05) is 11.1 Å². The van der Waals surface area contributed by atoms with Gasteiger partial charge in [-0.3, -0.25) is 0 Å². The molecule has 3 aliphatic carbocycles. The van der Waals surface area contributed by atoms with E-state index in [2.05, 4.69) is 115 Å². The normalized spacial score (nSPS) is 18.1. The number of alkyl halides is 1. The van der Waals surface area contributed by atoms with Crippen molar-refractivity contribution in [2.75, 3.05) is 6.00 Å². The Kier molecular flexibility index (Phi) is 6.77. The molecule has 0 aromatic heterocycles. The highest BCUT2D eigenvalue weighted by molar-refractivity contribution is 6.20. The number of amidine groups is 2. The van der Waals surface area contributed by atoms with E-state index in [1.807, 2.05) is 30.3 Å². The average Bonchev–Trinajstić information content (AvgIpc) is 3.58. The molecule has 0 heterocycles. The molecule has 3 nitrogen and oxygen atoms in total. The van der Waals surface area contributed by atoms with Crippen LogP contribution in [-0.4, -0.2) is 24.4 Å². The van der Waals surface area contributed by atoms with Crippen molar-refractivity contribution in [3.63, 3.8) is 0 Å². The highest BCUT2D eigenvalue weighted by Gasteiger charge is 2.53. The van der Waals surface area contributed by atoms with E-state index in [0.717, 1.165) is 40.7 Å². The minimum Gasteiger partial charge on any atom is -0.250 e. The van der Waals surface area contributed by atoms with Crippen molar-refractivity contribution in [3.8, 4) is 22.3 Å². The monoisotopic (exact) mass is 599 g/mol. The van der Waals surface area contributed by atoms with E-state index in [0.29, 0.717) is 11.7 Å². The molecule has 4 heteroatoms. The Labute approximate surface area is 268 Å². The van der Waals surface area contributed by atoms with Crippen molar-refractivity contribution in [3.05, 3.63) is 172 Å². The van der Waals surface area contributed by atoms with Crippen LogP contribution in [0.25, 0.3) is 27.8 Å². The first-order valence-electron chi connectivity index (χ1n) is 15.3. The highest BCUT2D eigenvalue weighted by atomic mass is 35.5. The summed E-state index contributed by atoms with van der Waals surface area (Å²) < 4.78 is 0. The van der Waals surface area contributed by atoms with Gasteiger partial charge in [-0.15, -0.1) is 11.6 Å². The maximum Gasteiger partial charge on any atom is 0.161 e. The number of aliphatic imine (C=N–C) groups is 3. The Morgan fingerprint density at radius 1 is 0.689 bits per heavy atom. The van der Waals surface area contributed by atoms with Crippen LogP contribution >= 0.6 is 11.6 Å². The number of benzene rings is 5. The predicted octanol–water partition coefficient (Wildman–Crippen LogP) is 9.88. The predicted molar refractivity (Wildman–Crippen MR) is 189 cm³/mol. The first-order chi connectivity index (χ1) is 22.3. The third kappa shape index (κ3) is 4.15. The second kappa shape index (κ2) is 11.1. The van der Waals surface area contributed by atoms with E-state index in [1.54, 1.807) is 0 Å². The first kappa shape index (κ1) is 27.4. The molecule has 1 unspecified atom stereocenters. The summed E-state index contributed by atoms with van der Waals surface area (Å²) in [6.07, 6.45) is 6.69. The fraction of sp³-hybridized carbons (Fsp3) is 0.0976. The van der Waals surface area contributed by atoms with Crippen molar-refractivity contribution in [2.24, 2.45) is 15.0 Å². The lowest BCUT2D eigenvalue weighted by atomic mass is 9.68. The third-order valence-corrected chi connectivity index (χ3v) is 9.50. The Bertz CT molecular complexity index is 2100. The molecule has 0 fully saturated rings. The smallest absolute Gasteiger partial charge is 0.161 e. The van der Waals surface area contributed by atoms with Crippen molar-refractivity contribution >= 4 is 35.6 Å². The van der Waals surface area contributed by atoms with E-state index in [9.17, 15) is 0 Å². The van der Waals surface area contributed by atoms with Gasteiger partial charge in [0.15, 0.2) is 11.7 Å². The molecule has 0 bridgehead atoms. The molecule has 0 saturated carbocycles. The molecule has 0 amide bonds. The van der Waals surface area contributed by atoms with E-state index < -0.39 is 0 Å². The molecule has 5 aromatic carbocycles. The number of allylic oxidation sites excluding steroid dienone is 4. The molecule has 45 heavy (non-hydrogen) atoms. The number of halogens is 1. The molecule has 1 atom stereocenters. The van der Waals surface area contributed by atoms with Gasteiger partial charge < -0.3 is 0 Å². The fourth-order valence-electron chi connectivity index (χ4n) is 7.61. The zero-order valence-electron chi connectivity index (χ0n) is 24.7. The van der Waals surface area contributed by atoms with Gasteiger partial charge in [0.05, 0.1) is 5.41 Å². The lowest BCUT2D eigenvalue weighted by Gasteiger charge is -2.33. The van der Waals surface area contributed by atoms with Crippen molar-refractivity contribution < 1.29 is 0 Å². The summed E-state index contributed by atoms with van der Waals surface area (Å²) in [4.78, 5) is 14.2. The van der Waals surface area contributed by atoms with Crippen LogP contribution in [0.1, 0.15) is 46.2 Å². The summed E-state index contributed by atoms with van der Waals surface area (Å²) >= 11 is 6.32. The SMILES string of the molecule is C=N/C(=N\C(=N/CCl)c1cccc2c1-c1ccccc1C21C2=C(C=CCC2)c2ccccc21)c1ccc(-c2ccccc2)cc1. The maximum absolute atomic E-state index is 6.32. The van der Waals surface area contributed by atoms with Crippen LogP contribution in [0.4, 0.5) is 0 Å². The quantitative estimate of drug-likeness (QED) is 0.0853. The maximum atomic E-state index is 6.32. The Morgan fingerprint density at radius 2 is 1.36 bits per heavy atom. The van der Waals surface area contributed by atoms with E-state index in [4.69, 9.17) is 21.6 Å². The van der Waals surface area contributed by atoms with Crippen molar-refractivity contribution in [1.29, 1.82) is 0 Å². The number of hydrogen-bond acceptors (Lipinski definition) is 1.